The lowest BCUT2D eigenvalue weighted by atomic mass is 10.0. The van der Waals surface area contributed by atoms with Gasteiger partial charge in [-0.15, -0.1) is 0 Å². The predicted molar refractivity (Wildman–Crippen MR) is 60.2 cm³/mol. The highest BCUT2D eigenvalue weighted by molar-refractivity contribution is 9.10. The van der Waals surface area contributed by atoms with Crippen molar-refractivity contribution in [3.05, 3.63) is 21.7 Å². The second kappa shape index (κ2) is 4.20. The molecule has 0 aromatic heterocycles. The van der Waals surface area contributed by atoms with Crippen molar-refractivity contribution in [2.75, 3.05) is 0 Å². The van der Waals surface area contributed by atoms with Crippen LogP contribution in [0.15, 0.2) is 10.5 Å². The van der Waals surface area contributed by atoms with E-state index >= 15 is 0 Å². The number of Topliss-reactive ketones (excluding diaryl/α,β-unsaturated/α-hetero) is 1. The number of phenols is 2. The van der Waals surface area contributed by atoms with Crippen molar-refractivity contribution in [3.63, 3.8) is 0 Å². The van der Waals surface area contributed by atoms with Gasteiger partial charge in [0.25, 0.3) is 0 Å². The lowest BCUT2D eigenvalue weighted by molar-refractivity contribution is 0.0965. The van der Waals surface area contributed by atoms with Gasteiger partial charge in [0.2, 0.25) is 0 Å². The minimum Gasteiger partial charge on any atom is -0.506 e. The Balaban J connectivity index is 3.39. The summed E-state index contributed by atoms with van der Waals surface area (Å²) in [5.74, 6) is -0.717. The Morgan fingerprint density at radius 3 is 2.47 bits per heavy atom. The standard InChI is InChI=1S/C10H12BrNO3/c1-4-3-6(9(14)5(2)12)10(15)7(11)8(4)13/h3,5,13,15H,12H2,1-2H3. The molecule has 1 aromatic rings. The Bertz CT molecular complexity index is 416. The first kappa shape index (κ1) is 12.0. The SMILES string of the molecule is Cc1cc(C(=O)C(C)N)c(O)c(Br)c1O. The fraction of sp³-hybridized carbons (Fsp3) is 0.300. The molecule has 0 aliphatic heterocycles. The number of aryl methyl sites for hydroxylation is 1. The number of ketones is 1. The second-order valence-corrected chi connectivity index (χ2v) is 4.20. The summed E-state index contributed by atoms with van der Waals surface area (Å²) in [4.78, 5) is 11.6. The molecule has 0 aliphatic rings. The van der Waals surface area contributed by atoms with Crippen molar-refractivity contribution in [1.29, 1.82) is 0 Å². The number of aromatic hydroxyl groups is 2. The Kier molecular flexibility index (Phi) is 3.36. The van der Waals surface area contributed by atoms with Crippen LogP contribution in [0.3, 0.4) is 0 Å². The number of hydrogen-bond donors (Lipinski definition) is 3. The van der Waals surface area contributed by atoms with Crippen molar-refractivity contribution in [3.8, 4) is 11.5 Å². The Labute approximate surface area is 95.8 Å². The molecule has 0 fully saturated rings. The topological polar surface area (TPSA) is 83.6 Å². The van der Waals surface area contributed by atoms with E-state index in [1.54, 1.807) is 6.92 Å². The summed E-state index contributed by atoms with van der Waals surface area (Å²) in [7, 11) is 0. The van der Waals surface area contributed by atoms with Gasteiger partial charge in [0.15, 0.2) is 5.78 Å². The van der Waals surface area contributed by atoms with Crippen molar-refractivity contribution in [2.45, 2.75) is 19.9 Å². The van der Waals surface area contributed by atoms with Crippen LogP contribution in [-0.4, -0.2) is 22.0 Å². The molecule has 0 spiro atoms. The van der Waals surface area contributed by atoms with Crippen LogP contribution in [0.25, 0.3) is 0 Å². The van der Waals surface area contributed by atoms with Gasteiger partial charge in [0.1, 0.15) is 16.0 Å². The molecule has 5 heteroatoms. The molecule has 0 saturated carbocycles. The maximum Gasteiger partial charge on any atom is 0.182 e. The highest BCUT2D eigenvalue weighted by atomic mass is 79.9. The molecule has 0 saturated heterocycles. The van der Waals surface area contributed by atoms with E-state index in [1.165, 1.54) is 13.0 Å². The fourth-order valence-corrected chi connectivity index (χ4v) is 1.72. The molecular weight excluding hydrogens is 262 g/mol. The number of halogens is 1. The highest BCUT2D eigenvalue weighted by Gasteiger charge is 2.20. The maximum absolute atomic E-state index is 11.6. The Morgan fingerprint density at radius 1 is 1.47 bits per heavy atom. The van der Waals surface area contributed by atoms with E-state index < -0.39 is 6.04 Å². The fourth-order valence-electron chi connectivity index (χ4n) is 1.19. The third-order valence-corrected chi connectivity index (χ3v) is 2.84. The lowest BCUT2D eigenvalue weighted by Gasteiger charge is -2.11. The van der Waals surface area contributed by atoms with E-state index in [0.29, 0.717) is 5.56 Å². The molecule has 4 nitrogen and oxygen atoms in total. The van der Waals surface area contributed by atoms with Crippen LogP contribution in [0.1, 0.15) is 22.8 Å². The van der Waals surface area contributed by atoms with Crippen LogP contribution in [0, 0.1) is 6.92 Å². The van der Waals surface area contributed by atoms with E-state index in [4.69, 9.17) is 5.73 Å². The van der Waals surface area contributed by atoms with E-state index in [0.717, 1.165) is 0 Å². The normalized spacial score (nSPS) is 12.5. The molecule has 0 bridgehead atoms. The number of hydrogen-bond acceptors (Lipinski definition) is 4. The number of nitrogens with two attached hydrogens (primary N) is 1. The Morgan fingerprint density at radius 2 is 2.00 bits per heavy atom. The third kappa shape index (κ3) is 2.13. The molecular formula is C10H12BrNO3. The number of carbonyl (C=O) groups excluding carboxylic acids is 1. The minimum atomic E-state index is -0.688. The average Bonchev–Trinajstić information content (AvgIpc) is 2.19. The largest absolute Gasteiger partial charge is 0.506 e. The van der Waals surface area contributed by atoms with Gasteiger partial charge in [-0.3, -0.25) is 4.79 Å². The van der Waals surface area contributed by atoms with Crippen molar-refractivity contribution < 1.29 is 15.0 Å². The first-order valence-corrected chi connectivity index (χ1v) is 5.16. The molecule has 0 radical (unpaired) electrons. The molecule has 1 unspecified atom stereocenters. The van der Waals surface area contributed by atoms with Crippen LogP contribution in [-0.2, 0) is 0 Å². The molecule has 4 N–H and O–H groups in total. The number of phenolic OH excluding ortho intramolecular Hbond substituents is 2. The maximum atomic E-state index is 11.6. The summed E-state index contributed by atoms with van der Waals surface area (Å²) < 4.78 is 0.117. The van der Waals surface area contributed by atoms with Crippen molar-refractivity contribution in [2.24, 2.45) is 5.73 Å². The summed E-state index contributed by atoms with van der Waals surface area (Å²) >= 11 is 3.01. The summed E-state index contributed by atoms with van der Waals surface area (Å²) in [6.07, 6.45) is 0. The van der Waals surface area contributed by atoms with Gasteiger partial charge < -0.3 is 15.9 Å². The van der Waals surface area contributed by atoms with Gasteiger partial charge in [0.05, 0.1) is 11.6 Å². The number of rotatable bonds is 2. The second-order valence-electron chi connectivity index (χ2n) is 3.41. The van der Waals surface area contributed by atoms with Crippen LogP contribution in [0.5, 0.6) is 11.5 Å². The average molecular weight is 274 g/mol. The molecule has 1 rings (SSSR count). The smallest absolute Gasteiger partial charge is 0.182 e. The Hall–Kier alpha value is -1.07. The minimum absolute atomic E-state index is 0.0753. The molecule has 0 aliphatic carbocycles. The van der Waals surface area contributed by atoms with Crippen molar-refractivity contribution >= 4 is 21.7 Å². The molecule has 1 atom stereocenters. The lowest BCUT2D eigenvalue weighted by Crippen LogP contribution is -2.26. The van der Waals surface area contributed by atoms with Crippen LogP contribution >= 0.6 is 15.9 Å². The van der Waals surface area contributed by atoms with Gasteiger partial charge in [-0.2, -0.15) is 0 Å². The number of carbonyl (C=O) groups is 1. The van der Waals surface area contributed by atoms with Gasteiger partial charge in [0, 0.05) is 0 Å². The summed E-state index contributed by atoms with van der Waals surface area (Å²) in [5.41, 5.74) is 6.06. The molecule has 0 amide bonds. The van der Waals surface area contributed by atoms with E-state index in [2.05, 4.69) is 15.9 Å². The highest BCUT2D eigenvalue weighted by Crippen LogP contribution is 2.38. The van der Waals surface area contributed by atoms with Gasteiger partial charge in [-0.05, 0) is 41.4 Å². The summed E-state index contributed by atoms with van der Waals surface area (Å²) in [6, 6.07) is 0.730. The zero-order valence-electron chi connectivity index (χ0n) is 8.41. The monoisotopic (exact) mass is 273 g/mol. The summed E-state index contributed by atoms with van der Waals surface area (Å²) in [5, 5.41) is 19.1. The molecule has 15 heavy (non-hydrogen) atoms. The van der Waals surface area contributed by atoms with Crippen LogP contribution in [0.2, 0.25) is 0 Å². The van der Waals surface area contributed by atoms with Gasteiger partial charge in [-0.25, -0.2) is 0 Å². The summed E-state index contributed by atoms with van der Waals surface area (Å²) in [6.45, 7) is 3.18. The first-order valence-electron chi connectivity index (χ1n) is 4.37. The number of benzene rings is 1. The molecule has 0 heterocycles. The zero-order chi connectivity index (χ0) is 11.7. The third-order valence-electron chi connectivity index (χ3n) is 2.08. The zero-order valence-corrected chi connectivity index (χ0v) is 10.00. The van der Waals surface area contributed by atoms with Gasteiger partial charge in [-0.1, -0.05) is 0 Å². The van der Waals surface area contributed by atoms with Gasteiger partial charge >= 0.3 is 0 Å². The van der Waals surface area contributed by atoms with Crippen LogP contribution in [0.4, 0.5) is 0 Å². The van der Waals surface area contributed by atoms with E-state index in [1.807, 2.05) is 0 Å². The predicted octanol–water partition coefficient (Wildman–Crippen LogP) is 1.70. The molecule has 1 aromatic carbocycles. The van der Waals surface area contributed by atoms with E-state index in [9.17, 15) is 15.0 Å². The quantitative estimate of drug-likeness (QED) is 0.717. The molecule has 82 valence electrons. The van der Waals surface area contributed by atoms with Crippen molar-refractivity contribution in [1.82, 2.24) is 0 Å². The van der Waals surface area contributed by atoms with Crippen LogP contribution < -0.4 is 5.73 Å². The first-order chi connectivity index (χ1) is 6.86. The van der Waals surface area contributed by atoms with E-state index in [-0.39, 0.29) is 27.3 Å².